The Morgan fingerprint density at radius 1 is 0.977 bits per heavy atom. The van der Waals surface area contributed by atoms with Crippen LogP contribution >= 0.6 is 0 Å². The summed E-state index contributed by atoms with van der Waals surface area (Å²) in [6.45, 7) is 3.49. The molecule has 232 valence electrons. The van der Waals surface area contributed by atoms with Gasteiger partial charge in [0.05, 0.1) is 12.4 Å². The van der Waals surface area contributed by atoms with Crippen LogP contribution in [-0.4, -0.2) is 80.4 Å². The van der Waals surface area contributed by atoms with Gasteiger partial charge in [-0.2, -0.15) is 0 Å². The standard InChI is InChI=1S/C28H40N10O5/c1-15(2)23(27(42)43)38-25(40)21(8-5-9-33-28(30)31)36-26(41)22(11-17-13-32-14-35-17)37-24(39)19(29)10-16-12-34-20-7-4-3-6-18(16)20/h3-4,6-7,12-15,19,21-23,34H,5,8-11,29H2,1-2H3,(H,32,35)(H,36,41)(H,37,39)(H,38,40)(H,42,43)(H4,30,31,33). The van der Waals surface area contributed by atoms with Crippen molar-refractivity contribution >= 4 is 40.6 Å². The molecule has 0 aliphatic heterocycles. The number of imidazole rings is 1. The first-order valence-electron chi connectivity index (χ1n) is 13.9. The number of aliphatic imine (C=N–C) groups is 1. The summed E-state index contributed by atoms with van der Waals surface area (Å²) in [5.74, 6) is -3.66. The molecule has 0 aliphatic carbocycles. The minimum absolute atomic E-state index is 0.0312. The highest BCUT2D eigenvalue weighted by atomic mass is 16.4. The number of carboxylic acids is 1. The molecular formula is C28H40N10O5. The van der Waals surface area contributed by atoms with Gasteiger partial charge in [0.25, 0.3) is 0 Å². The quantitative estimate of drug-likeness (QED) is 0.0571. The van der Waals surface area contributed by atoms with Gasteiger partial charge in [0.15, 0.2) is 5.96 Å². The number of nitrogens with two attached hydrogens (primary N) is 3. The molecule has 15 heteroatoms. The first-order chi connectivity index (χ1) is 20.5. The Bertz CT molecular complexity index is 1410. The number of hydrogen-bond donors (Lipinski definition) is 9. The molecule has 4 atom stereocenters. The Morgan fingerprint density at radius 3 is 2.33 bits per heavy atom. The maximum Gasteiger partial charge on any atom is 0.326 e. The number of benzene rings is 1. The van der Waals surface area contributed by atoms with Crippen LogP contribution in [0.2, 0.25) is 0 Å². The van der Waals surface area contributed by atoms with Crippen molar-refractivity contribution in [2.75, 3.05) is 6.54 Å². The first kappa shape index (κ1) is 32.6. The van der Waals surface area contributed by atoms with Crippen LogP contribution in [0, 0.1) is 5.92 Å². The molecule has 12 N–H and O–H groups in total. The molecule has 3 amide bonds. The summed E-state index contributed by atoms with van der Waals surface area (Å²) in [7, 11) is 0. The second kappa shape index (κ2) is 15.3. The number of carbonyl (C=O) groups excluding carboxylic acids is 3. The van der Waals surface area contributed by atoms with E-state index in [1.54, 1.807) is 20.0 Å². The Balaban J connectivity index is 1.76. The van der Waals surface area contributed by atoms with E-state index in [2.05, 4.69) is 35.9 Å². The zero-order valence-electron chi connectivity index (χ0n) is 24.2. The third-order valence-corrected chi connectivity index (χ3v) is 6.87. The van der Waals surface area contributed by atoms with Crippen molar-refractivity contribution in [1.82, 2.24) is 30.9 Å². The predicted molar refractivity (Wildman–Crippen MR) is 160 cm³/mol. The molecule has 3 aromatic rings. The fourth-order valence-corrected chi connectivity index (χ4v) is 4.55. The van der Waals surface area contributed by atoms with Crippen LogP contribution in [0.1, 0.15) is 37.9 Å². The fourth-order valence-electron chi connectivity index (χ4n) is 4.55. The summed E-state index contributed by atoms with van der Waals surface area (Å²) in [6, 6.07) is 3.21. The molecule has 0 radical (unpaired) electrons. The van der Waals surface area contributed by atoms with Gasteiger partial charge in [-0.1, -0.05) is 32.0 Å². The molecule has 0 saturated carbocycles. The summed E-state index contributed by atoms with van der Waals surface area (Å²) >= 11 is 0. The largest absolute Gasteiger partial charge is 0.480 e. The number of H-pyrrole nitrogens is 2. The second-order valence-electron chi connectivity index (χ2n) is 10.6. The third-order valence-electron chi connectivity index (χ3n) is 6.87. The van der Waals surface area contributed by atoms with Gasteiger partial charge >= 0.3 is 5.97 Å². The van der Waals surface area contributed by atoms with Crippen molar-refractivity contribution in [2.24, 2.45) is 28.1 Å². The van der Waals surface area contributed by atoms with E-state index in [-0.39, 0.29) is 31.8 Å². The van der Waals surface area contributed by atoms with Crippen molar-refractivity contribution < 1.29 is 24.3 Å². The van der Waals surface area contributed by atoms with E-state index in [1.807, 2.05) is 24.3 Å². The number of carboxylic acid groups (broad SMARTS) is 1. The Labute approximate surface area is 248 Å². The first-order valence-corrected chi connectivity index (χ1v) is 13.9. The molecule has 1 aromatic carbocycles. The van der Waals surface area contributed by atoms with E-state index in [0.717, 1.165) is 16.5 Å². The van der Waals surface area contributed by atoms with E-state index in [0.29, 0.717) is 12.1 Å². The number of aromatic amines is 2. The fraction of sp³-hybridized carbons (Fsp3) is 0.429. The van der Waals surface area contributed by atoms with Gasteiger partial charge in [-0.3, -0.25) is 19.4 Å². The number of hydrogen-bond acceptors (Lipinski definition) is 7. The SMILES string of the molecule is CC(C)C(NC(=O)C(CCCN=C(N)N)NC(=O)C(Cc1cnc[nH]1)NC(=O)C(N)Cc1c[nH]c2ccccc12)C(=O)O. The highest BCUT2D eigenvalue weighted by Gasteiger charge is 2.31. The van der Waals surface area contributed by atoms with Crippen LogP contribution in [0.3, 0.4) is 0 Å². The van der Waals surface area contributed by atoms with Gasteiger partial charge in [0, 0.05) is 42.0 Å². The molecule has 0 saturated heterocycles. The van der Waals surface area contributed by atoms with Crippen molar-refractivity contribution in [2.45, 2.75) is 63.7 Å². The van der Waals surface area contributed by atoms with Gasteiger partial charge < -0.3 is 48.2 Å². The number of rotatable bonds is 16. The highest BCUT2D eigenvalue weighted by molar-refractivity contribution is 5.94. The van der Waals surface area contributed by atoms with Crippen molar-refractivity contribution in [3.63, 3.8) is 0 Å². The topological polar surface area (TPSA) is 259 Å². The number of carbonyl (C=O) groups is 4. The van der Waals surface area contributed by atoms with E-state index >= 15 is 0 Å². The van der Waals surface area contributed by atoms with E-state index in [9.17, 15) is 24.3 Å². The Hall–Kier alpha value is -4.92. The number of nitrogens with zero attached hydrogens (tertiary/aromatic N) is 2. The Morgan fingerprint density at radius 2 is 1.67 bits per heavy atom. The maximum absolute atomic E-state index is 13.6. The number of nitrogens with one attached hydrogen (secondary N) is 5. The summed E-state index contributed by atoms with van der Waals surface area (Å²) in [5.41, 5.74) is 19.3. The second-order valence-corrected chi connectivity index (χ2v) is 10.6. The monoisotopic (exact) mass is 596 g/mol. The van der Waals surface area contributed by atoms with E-state index in [4.69, 9.17) is 17.2 Å². The number of guanidine groups is 1. The lowest BCUT2D eigenvalue weighted by Gasteiger charge is -2.26. The summed E-state index contributed by atoms with van der Waals surface area (Å²) in [4.78, 5) is 65.5. The van der Waals surface area contributed by atoms with E-state index in [1.165, 1.54) is 12.5 Å². The molecule has 0 fully saturated rings. The van der Waals surface area contributed by atoms with Crippen LogP contribution in [0.5, 0.6) is 0 Å². The van der Waals surface area contributed by atoms with E-state index < -0.39 is 53.8 Å². The third kappa shape index (κ3) is 9.56. The summed E-state index contributed by atoms with van der Waals surface area (Å²) < 4.78 is 0. The lowest BCUT2D eigenvalue weighted by atomic mass is 10.0. The molecule has 0 bridgehead atoms. The maximum atomic E-state index is 13.6. The molecule has 43 heavy (non-hydrogen) atoms. The summed E-state index contributed by atoms with van der Waals surface area (Å²) in [5, 5.41) is 18.3. The average Bonchev–Trinajstić information content (AvgIpc) is 3.62. The van der Waals surface area contributed by atoms with Gasteiger partial charge in [-0.15, -0.1) is 0 Å². The normalized spacial score (nSPS) is 14.0. The van der Waals surface area contributed by atoms with Gasteiger partial charge in [0.2, 0.25) is 17.7 Å². The van der Waals surface area contributed by atoms with Crippen molar-refractivity contribution in [3.8, 4) is 0 Å². The van der Waals surface area contributed by atoms with Crippen LogP contribution < -0.4 is 33.2 Å². The lowest BCUT2D eigenvalue weighted by molar-refractivity contribution is -0.143. The number of aromatic nitrogens is 3. The van der Waals surface area contributed by atoms with Gasteiger partial charge in [0.1, 0.15) is 18.1 Å². The van der Waals surface area contributed by atoms with Crippen LogP contribution in [0.4, 0.5) is 0 Å². The van der Waals surface area contributed by atoms with Crippen LogP contribution in [0.25, 0.3) is 10.9 Å². The highest BCUT2D eigenvalue weighted by Crippen LogP contribution is 2.19. The van der Waals surface area contributed by atoms with Crippen molar-refractivity contribution in [1.29, 1.82) is 0 Å². The minimum Gasteiger partial charge on any atom is -0.480 e. The van der Waals surface area contributed by atoms with Gasteiger partial charge in [-0.05, 0) is 36.8 Å². The molecule has 0 aliphatic rings. The van der Waals surface area contributed by atoms with Crippen LogP contribution in [-0.2, 0) is 32.0 Å². The number of para-hydroxylation sites is 1. The average molecular weight is 597 g/mol. The van der Waals surface area contributed by atoms with Crippen molar-refractivity contribution in [3.05, 3.63) is 54.2 Å². The zero-order chi connectivity index (χ0) is 31.5. The minimum atomic E-state index is -1.21. The lowest BCUT2D eigenvalue weighted by Crippen LogP contribution is -2.58. The number of fused-ring (bicyclic) bond motifs is 1. The Kier molecular flexibility index (Phi) is 11.6. The molecule has 2 heterocycles. The number of amides is 3. The molecule has 15 nitrogen and oxygen atoms in total. The molecule has 0 spiro atoms. The molecule has 3 rings (SSSR count). The van der Waals surface area contributed by atoms with Gasteiger partial charge in [-0.25, -0.2) is 9.78 Å². The summed E-state index contributed by atoms with van der Waals surface area (Å²) in [6.07, 6.45) is 5.40. The molecule has 4 unspecified atom stereocenters. The zero-order valence-corrected chi connectivity index (χ0v) is 24.2. The molecule has 2 aromatic heterocycles. The predicted octanol–water partition coefficient (Wildman–Crippen LogP) is -0.748. The number of aliphatic carboxylic acids is 1. The smallest absolute Gasteiger partial charge is 0.326 e. The molecular weight excluding hydrogens is 556 g/mol. The van der Waals surface area contributed by atoms with Crippen LogP contribution in [0.15, 0.2) is 48.0 Å².